The predicted octanol–water partition coefficient (Wildman–Crippen LogP) is 1.04. The topological polar surface area (TPSA) is 118 Å². The normalized spacial score (nSPS) is 11.9. The minimum absolute atomic E-state index is 0.0283. The molecule has 118 valence electrons. The zero-order chi connectivity index (χ0) is 16.2. The van der Waals surface area contributed by atoms with E-state index in [1.165, 1.54) is 43.6 Å². The van der Waals surface area contributed by atoms with Gasteiger partial charge in [-0.05, 0) is 37.3 Å². The van der Waals surface area contributed by atoms with Crippen molar-refractivity contribution in [1.29, 1.82) is 0 Å². The molecule has 2 aromatic rings. The highest BCUT2D eigenvalue weighted by Crippen LogP contribution is 2.17. The van der Waals surface area contributed by atoms with Gasteiger partial charge in [0.1, 0.15) is 0 Å². The second kappa shape index (κ2) is 6.28. The second-order valence-electron chi connectivity index (χ2n) is 4.21. The largest absolute Gasteiger partial charge is 0.284 e. The van der Waals surface area contributed by atoms with E-state index in [0.717, 1.165) is 0 Å². The maximum absolute atomic E-state index is 12.1. The third kappa shape index (κ3) is 4.15. The summed E-state index contributed by atoms with van der Waals surface area (Å²) in [6.07, 6.45) is 2.82. The van der Waals surface area contributed by atoms with E-state index in [1.807, 2.05) is 0 Å². The first kappa shape index (κ1) is 16.2. The number of rotatable bonds is 6. The minimum Gasteiger partial charge on any atom is -0.284 e. The number of hydrogen-bond acceptors (Lipinski definition) is 6. The van der Waals surface area contributed by atoms with Crippen molar-refractivity contribution in [2.24, 2.45) is 0 Å². The predicted molar refractivity (Wildman–Crippen MR) is 82.4 cm³/mol. The van der Waals surface area contributed by atoms with Crippen LogP contribution in [0.4, 0.5) is 11.6 Å². The van der Waals surface area contributed by atoms with Gasteiger partial charge in [-0.2, -0.15) is 0 Å². The van der Waals surface area contributed by atoms with Crippen LogP contribution in [0.2, 0.25) is 0 Å². The third-order valence-corrected chi connectivity index (χ3v) is 5.26. The van der Waals surface area contributed by atoms with Crippen molar-refractivity contribution in [2.45, 2.75) is 11.8 Å². The number of anilines is 2. The summed E-state index contributed by atoms with van der Waals surface area (Å²) >= 11 is 0. The molecule has 0 aliphatic carbocycles. The molecule has 1 aromatic heterocycles. The second-order valence-corrected chi connectivity index (χ2v) is 7.90. The van der Waals surface area contributed by atoms with Crippen LogP contribution in [-0.2, 0) is 20.0 Å². The molecule has 8 nitrogen and oxygen atoms in total. The third-order valence-electron chi connectivity index (χ3n) is 2.61. The summed E-state index contributed by atoms with van der Waals surface area (Å²) in [5.74, 6) is -0.113. The molecule has 0 atom stereocenters. The van der Waals surface area contributed by atoms with E-state index in [-0.39, 0.29) is 22.3 Å². The lowest BCUT2D eigenvalue weighted by Gasteiger charge is -2.08. The van der Waals surface area contributed by atoms with Crippen LogP contribution < -0.4 is 9.44 Å². The van der Waals surface area contributed by atoms with E-state index >= 15 is 0 Å². The molecule has 22 heavy (non-hydrogen) atoms. The van der Waals surface area contributed by atoms with Crippen LogP contribution in [0.15, 0.2) is 47.6 Å². The van der Waals surface area contributed by atoms with Crippen LogP contribution in [0.3, 0.4) is 0 Å². The number of hydrogen-bond donors (Lipinski definition) is 2. The maximum Gasteiger partial charge on any atom is 0.264 e. The van der Waals surface area contributed by atoms with Gasteiger partial charge in [-0.15, -0.1) is 0 Å². The Kier molecular flexibility index (Phi) is 4.62. The Labute approximate surface area is 128 Å². The summed E-state index contributed by atoms with van der Waals surface area (Å²) in [4.78, 5) is 7.52. The van der Waals surface area contributed by atoms with Gasteiger partial charge in [0.25, 0.3) is 10.0 Å². The Balaban J connectivity index is 2.19. The molecule has 0 radical (unpaired) electrons. The standard InChI is InChI=1S/C12H14N4O4S2/c1-2-21(17,18)15-10-4-6-11(7-5-10)22(19,20)16-12-13-8-3-9-14-12/h3-9,15H,2H2,1H3,(H,13,14,16). The smallest absolute Gasteiger partial charge is 0.264 e. The van der Waals surface area contributed by atoms with Crippen molar-refractivity contribution >= 4 is 31.7 Å². The Morgan fingerprint density at radius 2 is 1.55 bits per heavy atom. The van der Waals surface area contributed by atoms with Gasteiger partial charge in [-0.25, -0.2) is 31.5 Å². The molecule has 1 aromatic carbocycles. The zero-order valence-electron chi connectivity index (χ0n) is 11.6. The van der Waals surface area contributed by atoms with Gasteiger partial charge >= 0.3 is 0 Å². The molecular formula is C12H14N4O4S2. The lowest BCUT2D eigenvalue weighted by Crippen LogP contribution is -2.16. The molecule has 0 saturated carbocycles. The van der Waals surface area contributed by atoms with Gasteiger partial charge in [-0.1, -0.05) is 0 Å². The summed E-state index contributed by atoms with van der Waals surface area (Å²) in [6, 6.07) is 6.88. The number of benzene rings is 1. The Morgan fingerprint density at radius 3 is 2.09 bits per heavy atom. The highest BCUT2D eigenvalue weighted by Gasteiger charge is 2.16. The van der Waals surface area contributed by atoms with Crippen LogP contribution in [0.1, 0.15) is 6.92 Å². The van der Waals surface area contributed by atoms with Crippen LogP contribution in [-0.4, -0.2) is 32.6 Å². The highest BCUT2D eigenvalue weighted by atomic mass is 32.2. The van der Waals surface area contributed by atoms with Gasteiger partial charge in [0, 0.05) is 18.1 Å². The fraction of sp³-hybridized carbons (Fsp3) is 0.167. The monoisotopic (exact) mass is 342 g/mol. The first-order valence-corrected chi connectivity index (χ1v) is 9.36. The van der Waals surface area contributed by atoms with Crippen molar-refractivity contribution in [3.05, 3.63) is 42.7 Å². The van der Waals surface area contributed by atoms with E-state index in [0.29, 0.717) is 0 Å². The number of aromatic nitrogens is 2. The van der Waals surface area contributed by atoms with Crippen molar-refractivity contribution in [3.8, 4) is 0 Å². The number of nitrogens with one attached hydrogen (secondary N) is 2. The van der Waals surface area contributed by atoms with Gasteiger partial charge < -0.3 is 0 Å². The Bertz CT molecular complexity index is 834. The molecule has 0 aliphatic rings. The van der Waals surface area contributed by atoms with E-state index in [4.69, 9.17) is 0 Å². The van der Waals surface area contributed by atoms with Crippen molar-refractivity contribution < 1.29 is 16.8 Å². The average Bonchev–Trinajstić information content (AvgIpc) is 2.48. The number of sulfonamides is 2. The zero-order valence-corrected chi connectivity index (χ0v) is 13.2. The highest BCUT2D eigenvalue weighted by molar-refractivity contribution is 7.93. The average molecular weight is 342 g/mol. The van der Waals surface area contributed by atoms with Gasteiger partial charge in [0.05, 0.1) is 10.6 Å². The van der Waals surface area contributed by atoms with Crippen LogP contribution in [0, 0.1) is 0 Å². The van der Waals surface area contributed by atoms with E-state index in [1.54, 1.807) is 6.07 Å². The summed E-state index contributed by atoms with van der Waals surface area (Å²) in [5, 5.41) is 0. The van der Waals surface area contributed by atoms with E-state index < -0.39 is 20.0 Å². The van der Waals surface area contributed by atoms with E-state index in [9.17, 15) is 16.8 Å². The summed E-state index contributed by atoms with van der Waals surface area (Å²) in [7, 11) is -7.24. The minimum atomic E-state index is -3.83. The molecule has 0 unspecified atom stereocenters. The molecule has 0 spiro atoms. The molecule has 0 saturated heterocycles. The molecule has 0 amide bonds. The fourth-order valence-electron chi connectivity index (χ4n) is 1.48. The van der Waals surface area contributed by atoms with Crippen molar-refractivity contribution in [2.75, 3.05) is 15.2 Å². The first-order valence-electron chi connectivity index (χ1n) is 6.23. The molecule has 10 heteroatoms. The molecule has 0 aliphatic heterocycles. The molecule has 2 N–H and O–H groups in total. The van der Waals surface area contributed by atoms with Gasteiger partial charge in [0.15, 0.2) is 0 Å². The summed E-state index contributed by atoms with van der Waals surface area (Å²) in [5.41, 5.74) is 0.289. The van der Waals surface area contributed by atoms with Gasteiger partial charge in [-0.3, -0.25) is 4.72 Å². The van der Waals surface area contributed by atoms with Crippen LogP contribution in [0.5, 0.6) is 0 Å². The maximum atomic E-state index is 12.1. The lowest BCUT2D eigenvalue weighted by molar-refractivity contribution is 0.600. The number of nitrogens with zero attached hydrogens (tertiary/aromatic N) is 2. The summed E-state index contributed by atoms with van der Waals surface area (Å²) < 4.78 is 51.7. The van der Waals surface area contributed by atoms with Crippen molar-refractivity contribution in [3.63, 3.8) is 0 Å². The van der Waals surface area contributed by atoms with Gasteiger partial charge in [0.2, 0.25) is 16.0 Å². The molecule has 0 bridgehead atoms. The van der Waals surface area contributed by atoms with Crippen LogP contribution in [0.25, 0.3) is 0 Å². The Hall–Kier alpha value is -2.20. The van der Waals surface area contributed by atoms with E-state index in [2.05, 4.69) is 19.4 Å². The fourth-order valence-corrected chi connectivity index (χ4v) is 3.08. The molecular weight excluding hydrogens is 328 g/mol. The molecule has 1 heterocycles. The Morgan fingerprint density at radius 1 is 0.955 bits per heavy atom. The first-order chi connectivity index (χ1) is 10.3. The quantitative estimate of drug-likeness (QED) is 0.810. The lowest BCUT2D eigenvalue weighted by atomic mass is 10.3. The molecule has 2 rings (SSSR count). The van der Waals surface area contributed by atoms with Crippen molar-refractivity contribution in [1.82, 2.24) is 9.97 Å². The summed E-state index contributed by atoms with van der Waals surface area (Å²) in [6.45, 7) is 1.50. The molecule has 0 fully saturated rings. The van der Waals surface area contributed by atoms with Crippen LogP contribution >= 0.6 is 0 Å². The SMILES string of the molecule is CCS(=O)(=O)Nc1ccc(S(=O)(=O)Nc2ncccn2)cc1.